The van der Waals surface area contributed by atoms with E-state index in [4.69, 9.17) is 4.42 Å². The molecule has 0 aliphatic heterocycles. The smallest absolute Gasteiger partial charge is 0.137 e. The molecular formula is C16H20O2. The Kier molecular flexibility index (Phi) is 2.36. The first-order chi connectivity index (χ1) is 8.40. The molecule has 2 aromatic rings. The number of para-hydroxylation sites is 1. The predicted octanol–water partition coefficient (Wildman–Crippen LogP) is 4.14. The molecule has 0 spiro atoms. The van der Waals surface area contributed by atoms with Crippen LogP contribution in [-0.4, -0.2) is 5.11 Å². The first kappa shape index (κ1) is 11.8. The molecule has 3 rings (SSSR count). The van der Waals surface area contributed by atoms with E-state index in [1.54, 1.807) is 0 Å². The fourth-order valence-electron chi connectivity index (χ4n) is 3.16. The minimum Gasteiger partial charge on any atom is -0.458 e. The van der Waals surface area contributed by atoms with E-state index < -0.39 is 5.60 Å². The average molecular weight is 244 g/mol. The van der Waals surface area contributed by atoms with Gasteiger partial charge in [0.05, 0.1) is 0 Å². The van der Waals surface area contributed by atoms with Crippen molar-refractivity contribution in [2.75, 3.05) is 0 Å². The Bertz CT molecular complexity index is 594. The van der Waals surface area contributed by atoms with Crippen LogP contribution in [0.4, 0.5) is 0 Å². The lowest BCUT2D eigenvalue weighted by Crippen LogP contribution is -2.22. The fraction of sp³-hybridized carbons (Fsp3) is 0.500. The first-order valence-electron chi connectivity index (χ1n) is 6.62. The molecule has 0 amide bonds. The van der Waals surface area contributed by atoms with E-state index in [0.717, 1.165) is 41.6 Å². The van der Waals surface area contributed by atoms with Crippen molar-refractivity contribution < 1.29 is 9.52 Å². The highest BCUT2D eigenvalue weighted by Crippen LogP contribution is 2.49. The summed E-state index contributed by atoms with van der Waals surface area (Å²) in [4.78, 5) is 0. The molecule has 1 saturated carbocycles. The quantitative estimate of drug-likeness (QED) is 0.818. The first-order valence-corrected chi connectivity index (χ1v) is 6.62. The number of hydrogen-bond donors (Lipinski definition) is 1. The second kappa shape index (κ2) is 3.61. The molecule has 1 aliphatic rings. The molecule has 2 heteroatoms. The van der Waals surface area contributed by atoms with Gasteiger partial charge in [0.2, 0.25) is 0 Å². The standard InChI is InChI=1S/C16H20O2/c1-11-5-4-6-12-9-13(18-14(11)12)16(17)8-7-15(2,3)10-16/h4-6,9,17H,7-8,10H2,1-3H3. The van der Waals surface area contributed by atoms with Crippen molar-refractivity contribution in [2.24, 2.45) is 5.41 Å². The van der Waals surface area contributed by atoms with Gasteiger partial charge in [-0.25, -0.2) is 0 Å². The topological polar surface area (TPSA) is 33.4 Å². The summed E-state index contributed by atoms with van der Waals surface area (Å²) >= 11 is 0. The second-order valence-electron chi connectivity index (χ2n) is 6.48. The maximum Gasteiger partial charge on any atom is 0.137 e. The lowest BCUT2D eigenvalue weighted by molar-refractivity contribution is 0.0138. The van der Waals surface area contributed by atoms with E-state index in [-0.39, 0.29) is 5.41 Å². The van der Waals surface area contributed by atoms with E-state index in [1.165, 1.54) is 0 Å². The van der Waals surface area contributed by atoms with Crippen LogP contribution in [0.1, 0.15) is 44.4 Å². The Balaban J connectivity index is 2.08. The molecule has 1 fully saturated rings. The van der Waals surface area contributed by atoms with E-state index in [1.807, 2.05) is 31.2 Å². The van der Waals surface area contributed by atoms with Crippen molar-refractivity contribution in [1.82, 2.24) is 0 Å². The average Bonchev–Trinajstić information content (AvgIpc) is 2.82. The molecule has 96 valence electrons. The van der Waals surface area contributed by atoms with E-state index in [0.29, 0.717) is 0 Å². The summed E-state index contributed by atoms with van der Waals surface area (Å²) in [7, 11) is 0. The van der Waals surface area contributed by atoms with Gasteiger partial charge in [-0.15, -0.1) is 0 Å². The Morgan fingerprint density at radius 1 is 1.22 bits per heavy atom. The molecule has 1 atom stereocenters. The Hall–Kier alpha value is -1.28. The summed E-state index contributed by atoms with van der Waals surface area (Å²) in [5.74, 6) is 0.734. The molecule has 1 unspecified atom stereocenters. The zero-order valence-electron chi connectivity index (χ0n) is 11.3. The number of hydrogen-bond acceptors (Lipinski definition) is 2. The van der Waals surface area contributed by atoms with Gasteiger partial charge in [-0.3, -0.25) is 0 Å². The van der Waals surface area contributed by atoms with Crippen LogP contribution in [0, 0.1) is 12.3 Å². The zero-order chi connectivity index (χ0) is 13.0. The lowest BCUT2D eigenvalue weighted by atomic mass is 9.88. The molecule has 0 saturated heterocycles. The number of aryl methyl sites for hydroxylation is 1. The van der Waals surface area contributed by atoms with Gasteiger partial charge < -0.3 is 9.52 Å². The number of aliphatic hydroxyl groups is 1. The summed E-state index contributed by atoms with van der Waals surface area (Å²) in [5.41, 5.74) is 1.45. The normalized spacial score (nSPS) is 26.9. The lowest BCUT2D eigenvalue weighted by Gasteiger charge is -2.22. The van der Waals surface area contributed by atoms with Crippen molar-refractivity contribution in [1.29, 1.82) is 0 Å². The van der Waals surface area contributed by atoms with Crippen molar-refractivity contribution in [3.05, 3.63) is 35.6 Å². The van der Waals surface area contributed by atoms with Crippen LogP contribution in [0.3, 0.4) is 0 Å². The second-order valence-corrected chi connectivity index (χ2v) is 6.48. The minimum atomic E-state index is -0.783. The molecule has 1 heterocycles. The van der Waals surface area contributed by atoms with Crippen molar-refractivity contribution >= 4 is 11.0 Å². The Labute approximate surface area is 108 Å². The third-order valence-electron chi connectivity index (χ3n) is 4.19. The van der Waals surface area contributed by atoms with Gasteiger partial charge in [0.1, 0.15) is 16.9 Å². The highest BCUT2D eigenvalue weighted by Gasteiger charge is 2.45. The molecular weight excluding hydrogens is 224 g/mol. The molecule has 1 aliphatic carbocycles. The van der Waals surface area contributed by atoms with Crippen molar-refractivity contribution in [3.63, 3.8) is 0 Å². The van der Waals surface area contributed by atoms with Gasteiger partial charge in [0.25, 0.3) is 0 Å². The maximum atomic E-state index is 10.8. The molecule has 2 nitrogen and oxygen atoms in total. The highest BCUT2D eigenvalue weighted by atomic mass is 16.4. The monoisotopic (exact) mass is 244 g/mol. The third-order valence-corrected chi connectivity index (χ3v) is 4.19. The van der Waals surface area contributed by atoms with Gasteiger partial charge in [0, 0.05) is 5.39 Å². The fourth-order valence-corrected chi connectivity index (χ4v) is 3.16. The van der Waals surface area contributed by atoms with E-state index >= 15 is 0 Å². The Morgan fingerprint density at radius 2 is 2.00 bits per heavy atom. The molecule has 0 bridgehead atoms. The van der Waals surface area contributed by atoms with Gasteiger partial charge in [0.15, 0.2) is 0 Å². The van der Waals surface area contributed by atoms with Crippen LogP contribution < -0.4 is 0 Å². The molecule has 1 aromatic heterocycles. The molecule has 1 N–H and O–H groups in total. The van der Waals surface area contributed by atoms with Crippen molar-refractivity contribution in [3.8, 4) is 0 Å². The van der Waals surface area contributed by atoms with Crippen LogP contribution in [0.25, 0.3) is 11.0 Å². The Morgan fingerprint density at radius 3 is 2.61 bits per heavy atom. The van der Waals surface area contributed by atoms with Gasteiger partial charge in [-0.05, 0) is 43.2 Å². The highest BCUT2D eigenvalue weighted by molar-refractivity contribution is 5.81. The van der Waals surface area contributed by atoms with Crippen LogP contribution in [-0.2, 0) is 5.60 Å². The molecule has 18 heavy (non-hydrogen) atoms. The summed E-state index contributed by atoms with van der Waals surface area (Å²) in [6, 6.07) is 8.11. The van der Waals surface area contributed by atoms with Crippen molar-refractivity contribution in [2.45, 2.75) is 45.6 Å². The summed E-state index contributed by atoms with van der Waals surface area (Å²) in [6.45, 7) is 6.45. The number of furan rings is 1. The minimum absolute atomic E-state index is 0.197. The van der Waals surface area contributed by atoms with Gasteiger partial charge in [-0.2, -0.15) is 0 Å². The van der Waals surface area contributed by atoms with E-state index in [9.17, 15) is 5.11 Å². The number of fused-ring (bicyclic) bond motifs is 1. The van der Waals surface area contributed by atoms with Crippen LogP contribution >= 0.6 is 0 Å². The van der Waals surface area contributed by atoms with Gasteiger partial charge in [-0.1, -0.05) is 32.0 Å². The van der Waals surface area contributed by atoms with Crippen LogP contribution in [0.5, 0.6) is 0 Å². The van der Waals surface area contributed by atoms with E-state index in [2.05, 4.69) is 13.8 Å². The maximum absolute atomic E-state index is 10.8. The summed E-state index contributed by atoms with van der Waals surface area (Å²) in [5, 5.41) is 11.9. The number of rotatable bonds is 1. The third kappa shape index (κ3) is 1.76. The number of benzene rings is 1. The SMILES string of the molecule is Cc1cccc2cc(C3(O)CCC(C)(C)C3)oc12. The van der Waals surface area contributed by atoms with Crippen LogP contribution in [0.2, 0.25) is 0 Å². The predicted molar refractivity (Wildman–Crippen MR) is 72.5 cm³/mol. The summed E-state index contributed by atoms with van der Waals surface area (Å²) < 4.78 is 5.93. The zero-order valence-corrected chi connectivity index (χ0v) is 11.3. The molecule has 0 radical (unpaired) electrons. The van der Waals surface area contributed by atoms with Crippen LogP contribution in [0.15, 0.2) is 28.7 Å². The summed E-state index contributed by atoms with van der Waals surface area (Å²) in [6.07, 6.45) is 2.61. The molecule has 1 aromatic carbocycles. The van der Waals surface area contributed by atoms with Gasteiger partial charge >= 0.3 is 0 Å². The largest absolute Gasteiger partial charge is 0.458 e.